The first-order valence-electron chi connectivity index (χ1n) is 8.95. The van der Waals surface area contributed by atoms with Gasteiger partial charge in [-0.2, -0.15) is 17.5 Å². The van der Waals surface area contributed by atoms with E-state index in [9.17, 15) is 13.2 Å². The summed E-state index contributed by atoms with van der Waals surface area (Å²) in [6, 6.07) is 21.2. The van der Waals surface area contributed by atoms with E-state index >= 15 is 0 Å². The van der Waals surface area contributed by atoms with Crippen LogP contribution >= 0.6 is 11.5 Å². The molecule has 1 aromatic heterocycles. The lowest BCUT2D eigenvalue weighted by Gasteiger charge is -2.09. The third-order valence-corrected chi connectivity index (χ3v) is 5.26. The van der Waals surface area contributed by atoms with Gasteiger partial charge in [0.1, 0.15) is 18.2 Å². The molecule has 7 heteroatoms. The molecule has 0 aliphatic rings. The van der Waals surface area contributed by atoms with Crippen LogP contribution in [0.5, 0.6) is 5.75 Å². The standard InChI is InChI=1S/C22H17F3N2OS/c23-22(24,25)17-8-11-20-19(12-17)21(27-29-20)26-13-15-6-9-18(10-7-15)28-14-16-4-2-1-3-5-16/h1-12H,13-14H2,(H,26,27). The molecule has 3 nitrogen and oxygen atoms in total. The quantitative estimate of drug-likeness (QED) is 0.391. The van der Waals surface area contributed by atoms with Crippen LogP contribution in [-0.4, -0.2) is 4.37 Å². The summed E-state index contributed by atoms with van der Waals surface area (Å²) in [6.45, 7) is 0.943. The molecule has 0 atom stereocenters. The number of hydrogen-bond acceptors (Lipinski definition) is 4. The van der Waals surface area contributed by atoms with Gasteiger partial charge in [0.25, 0.3) is 0 Å². The van der Waals surface area contributed by atoms with Crippen molar-refractivity contribution in [2.45, 2.75) is 19.3 Å². The molecule has 0 radical (unpaired) electrons. The number of nitrogens with one attached hydrogen (secondary N) is 1. The number of anilines is 1. The van der Waals surface area contributed by atoms with Crippen LogP contribution < -0.4 is 10.1 Å². The van der Waals surface area contributed by atoms with E-state index in [2.05, 4.69) is 9.69 Å². The molecule has 0 saturated heterocycles. The molecule has 148 valence electrons. The van der Waals surface area contributed by atoms with Gasteiger partial charge in [-0.05, 0) is 53.0 Å². The van der Waals surface area contributed by atoms with Crippen LogP contribution in [0.2, 0.25) is 0 Å². The zero-order chi connectivity index (χ0) is 20.3. The monoisotopic (exact) mass is 414 g/mol. The van der Waals surface area contributed by atoms with Crippen molar-refractivity contribution in [2.24, 2.45) is 0 Å². The highest BCUT2D eigenvalue weighted by Crippen LogP contribution is 2.35. The van der Waals surface area contributed by atoms with Crippen molar-refractivity contribution >= 4 is 27.4 Å². The Balaban J connectivity index is 1.40. The van der Waals surface area contributed by atoms with Gasteiger partial charge >= 0.3 is 6.18 Å². The van der Waals surface area contributed by atoms with E-state index in [1.54, 1.807) is 0 Å². The van der Waals surface area contributed by atoms with E-state index in [1.807, 2.05) is 54.6 Å². The highest BCUT2D eigenvalue weighted by molar-refractivity contribution is 7.13. The van der Waals surface area contributed by atoms with Gasteiger partial charge in [0.2, 0.25) is 0 Å². The minimum atomic E-state index is -4.37. The van der Waals surface area contributed by atoms with Crippen molar-refractivity contribution in [3.05, 3.63) is 89.5 Å². The summed E-state index contributed by atoms with van der Waals surface area (Å²) in [5.74, 6) is 1.21. The molecule has 0 aliphatic carbocycles. The summed E-state index contributed by atoms with van der Waals surface area (Å²) >= 11 is 1.18. The molecule has 3 aromatic carbocycles. The van der Waals surface area contributed by atoms with Crippen LogP contribution in [0.4, 0.5) is 19.0 Å². The van der Waals surface area contributed by atoms with E-state index in [0.29, 0.717) is 29.1 Å². The number of benzene rings is 3. The average Bonchev–Trinajstić information content (AvgIpc) is 3.14. The number of hydrogen-bond donors (Lipinski definition) is 1. The second-order valence-electron chi connectivity index (χ2n) is 6.51. The van der Waals surface area contributed by atoms with Crippen molar-refractivity contribution in [2.75, 3.05) is 5.32 Å². The van der Waals surface area contributed by atoms with E-state index in [1.165, 1.54) is 17.6 Å². The highest BCUT2D eigenvalue weighted by atomic mass is 32.1. The molecule has 29 heavy (non-hydrogen) atoms. The van der Waals surface area contributed by atoms with Gasteiger partial charge in [-0.25, -0.2) is 0 Å². The second kappa shape index (κ2) is 8.13. The van der Waals surface area contributed by atoms with Crippen molar-refractivity contribution < 1.29 is 17.9 Å². The Morgan fingerprint density at radius 2 is 1.66 bits per heavy atom. The number of alkyl halides is 3. The summed E-state index contributed by atoms with van der Waals surface area (Å²) in [4.78, 5) is 0. The third kappa shape index (κ3) is 4.68. The summed E-state index contributed by atoms with van der Waals surface area (Å²) in [6.07, 6.45) is -4.37. The number of halogens is 3. The van der Waals surface area contributed by atoms with Gasteiger partial charge in [0, 0.05) is 11.9 Å². The van der Waals surface area contributed by atoms with E-state index in [-0.39, 0.29) is 0 Å². The molecule has 0 bridgehead atoms. The van der Waals surface area contributed by atoms with Crippen molar-refractivity contribution in [3.8, 4) is 5.75 Å². The molecule has 1 N–H and O–H groups in total. The first-order chi connectivity index (χ1) is 14.0. The Morgan fingerprint density at radius 3 is 2.38 bits per heavy atom. The summed E-state index contributed by atoms with van der Waals surface area (Å²) < 4.78 is 49.6. The second-order valence-corrected chi connectivity index (χ2v) is 7.32. The fraction of sp³-hybridized carbons (Fsp3) is 0.136. The van der Waals surface area contributed by atoms with Gasteiger partial charge in [0.15, 0.2) is 0 Å². The molecule has 0 fully saturated rings. The Hall–Kier alpha value is -3.06. The molecule has 0 saturated carbocycles. The maximum atomic E-state index is 13.0. The fourth-order valence-corrected chi connectivity index (χ4v) is 3.61. The zero-order valence-electron chi connectivity index (χ0n) is 15.2. The molecule has 4 aromatic rings. The first kappa shape index (κ1) is 19.3. The van der Waals surface area contributed by atoms with Gasteiger partial charge in [-0.1, -0.05) is 42.5 Å². The normalized spacial score (nSPS) is 11.6. The third-order valence-electron chi connectivity index (χ3n) is 4.43. The number of rotatable bonds is 6. The van der Waals surface area contributed by atoms with Gasteiger partial charge in [-0.15, -0.1) is 0 Å². The average molecular weight is 414 g/mol. The molecule has 0 spiro atoms. The minimum Gasteiger partial charge on any atom is -0.489 e. The number of fused-ring (bicyclic) bond motifs is 1. The van der Waals surface area contributed by atoms with Crippen molar-refractivity contribution in [3.63, 3.8) is 0 Å². The van der Waals surface area contributed by atoms with Crippen LogP contribution in [0, 0.1) is 0 Å². The van der Waals surface area contributed by atoms with Crippen LogP contribution in [0.15, 0.2) is 72.8 Å². The fourth-order valence-electron chi connectivity index (χ4n) is 2.87. The van der Waals surface area contributed by atoms with Crippen LogP contribution in [0.3, 0.4) is 0 Å². The number of aromatic nitrogens is 1. The van der Waals surface area contributed by atoms with Gasteiger partial charge < -0.3 is 10.1 Å². The van der Waals surface area contributed by atoms with Crippen LogP contribution in [-0.2, 0) is 19.3 Å². The number of nitrogens with zero attached hydrogens (tertiary/aromatic N) is 1. The largest absolute Gasteiger partial charge is 0.489 e. The van der Waals surface area contributed by atoms with Gasteiger partial charge in [-0.3, -0.25) is 0 Å². The van der Waals surface area contributed by atoms with Crippen molar-refractivity contribution in [1.29, 1.82) is 0 Å². The minimum absolute atomic E-state index is 0.452. The smallest absolute Gasteiger partial charge is 0.416 e. The Morgan fingerprint density at radius 1 is 0.897 bits per heavy atom. The predicted molar refractivity (Wildman–Crippen MR) is 109 cm³/mol. The Bertz CT molecular complexity index is 1090. The van der Waals surface area contributed by atoms with Gasteiger partial charge in [0.05, 0.1) is 10.3 Å². The SMILES string of the molecule is FC(F)(F)c1ccc2snc(NCc3ccc(OCc4ccccc4)cc3)c2c1. The van der Waals surface area contributed by atoms with E-state index < -0.39 is 11.7 Å². The summed E-state index contributed by atoms with van der Waals surface area (Å²) in [5.41, 5.74) is 1.39. The Labute approximate surface area is 169 Å². The highest BCUT2D eigenvalue weighted by Gasteiger charge is 2.30. The van der Waals surface area contributed by atoms with Crippen molar-refractivity contribution in [1.82, 2.24) is 4.37 Å². The lowest BCUT2D eigenvalue weighted by atomic mass is 10.1. The molecule has 0 unspecified atom stereocenters. The molecular weight excluding hydrogens is 397 g/mol. The predicted octanol–water partition coefficient (Wildman–Crippen LogP) is 6.51. The van der Waals surface area contributed by atoms with Crippen LogP contribution in [0.25, 0.3) is 10.1 Å². The zero-order valence-corrected chi connectivity index (χ0v) is 16.1. The lowest BCUT2D eigenvalue weighted by Crippen LogP contribution is -2.04. The van der Waals surface area contributed by atoms with E-state index in [0.717, 1.165) is 29.0 Å². The molecule has 4 rings (SSSR count). The summed E-state index contributed by atoms with van der Waals surface area (Å²) in [7, 11) is 0. The lowest BCUT2D eigenvalue weighted by molar-refractivity contribution is -0.137. The molecule has 0 aliphatic heterocycles. The number of ether oxygens (including phenoxy) is 1. The topological polar surface area (TPSA) is 34.2 Å². The molecular formula is C22H17F3N2OS. The molecule has 1 heterocycles. The Kier molecular flexibility index (Phi) is 5.40. The maximum absolute atomic E-state index is 13.0. The first-order valence-corrected chi connectivity index (χ1v) is 9.72. The summed E-state index contributed by atoms with van der Waals surface area (Å²) in [5, 5.41) is 3.61. The van der Waals surface area contributed by atoms with E-state index in [4.69, 9.17) is 4.74 Å². The maximum Gasteiger partial charge on any atom is 0.416 e. The van der Waals surface area contributed by atoms with Crippen LogP contribution in [0.1, 0.15) is 16.7 Å². The molecule has 0 amide bonds.